The number of halogens is 2. The first-order valence-electron chi connectivity index (χ1n) is 6.71. The molecule has 6 nitrogen and oxygen atoms in total. The Morgan fingerprint density at radius 2 is 1.83 bits per heavy atom. The minimum atomic E-state index is -3.73. The van der Waals surface area contributed by atoms with Crippen LogP contribution in [0.1, 0.15) is 5.56 Å². The van der Waals surface area contributed by atoms with Crippen LogP contribution < -0.4 is 0 Å². The zero-order valence-electron chi connectivity index (χ0n) is 12.0. The molecule has 1 aromatic heterocycles. The van der Waals surface area contributed by atoms with Crippen molar-refractivity contribution in [1.82, 2.24) is 4.98 Å². The van der Waals surface area contributed by atoms with Gasteiger partial charge in [-0.05, 0) is 30.3 Å². The van der Waals surface area contributed by atoms with Crippen molar-refractivity contribution in [3.63, 3.8) is 0 Å². The van der Waals surface area contributed by atoms with Gasteiger partial charge in [0.05, 0.1) is 16.2 Å². The van der Waals surface area contributed by atoms with Crippen LogP contribution in [-0.2, 0) is 15.6 Å². The summed E-state index contributed by atoms with van der Waals surface area (Å²) in [6.45, 7) is 0. The molecule has 0 bridgehead atoms. The van der Waals surface area contributed by atoms with Gasteiger partial charge in [0.2, 0.25) is 5.88 Å². The molecule has 0 atom stereocenters. The summed E-state index contributed by atoms with van der Waals surface area (Å²) in [5.41, 5.74) is 7.89. The molecule has 0 radical (unpaired) electrons. The van der Waals surface area contributed by atoms with E-state index in [9.17, 15) is 13.5 Å². The van der Waals surface area contributed by atoms with Gasteiger partial charge in [-0.3, -0.25) is 0 Å². The third-order valence-corrected chi connectivity index (χ3v) is 5.94. The second-order valence-electron chi connectivity index (χ2n) is 5.10. The molecule has 1 heterocycles. The van der Waals surface area contributed by atoms with Gasteiger partial charge in [0.1, 0.15) is 0 Å². The maximum absolute atomic E-state index is 12.7. The Labute approximate surface area is 147 Å². The number of nitrogens with zero attached hydrogens (tertiary/aromatic N) is 1. The predicted octanol–water partition coefficient (Wildman–Crippen LogP) is 4.82. The smallest absolute Gasteiger partial charge is 0.218 e. The first kappa shape index (κ1) is 16.8. The number of benzene rings is 2. The van der Waals surface area contributed by atoms with E-state index in [1.54, 1.807) is 18.2 Å². The fourth-order valence-electron chi connectivity index (χ4n) is 2.39. The van der Waals surface area contributed by atoms with Crippen LogP contribution in [0.4, 0.5) is 5.69 Å². The number of hydrogen-bond donors (Lipinski definition) is 3. The Morgan fingerprint density at radius 3 is 2.46 bits per heavy atom. The summed E-state index contributed by atoms with van der Waals surface area (Å²) in [6.07, 6.45) is 0. The molecule has 0 unspecified atom stereocenters. The number of hydrogen-bond acceptors (Lipinski definition) is 5. The van der Waals surface area contributed by atoms with Gasteiger partial charge in [-0.2, -0.15) is 5.11 Å². The molecule has 0 fully saturated rings. The van der Waals surface area contributed by atoms with E-state index in [4.69, 9.17) is 28.7 Å². The van der Waals surface area contributed by atoms with Gasteiger partial charge in [-0.15, -0.1) is 0 Å². The lowest BCUT2D eigenvalue weighted by Gasteiger charge is -2.08. The van der Waals surface area contributed by atoms with Crippen molar-refractivity contribution in [2.24, 2.45) is 5.11 Å². The molecule has 0 aliphatic rings. The van der Waals surface area contributed by atoms with Crippen molar-refractivity contribution in [3.8, 4) is 5.88 Å². The van der Waals surface area contributed by atoms with Crippen molar-refractivity contribution in [2.75, 3.05) is 0 Å². The van der Waals surface area contributed by atoms with Crippen molar-refractivity contribution in [3.05, 3.63) is 52.0 Å². The normalized spacial score (nSPS) is 11.8. The third kappa shape index (κ3) is 2.86. The molecule has 3 N–H and O–H groups in total. The van der Waals surface area contributed by atoms with Gasteiger partial charge in [0.15, 0.2) is 15.5 Å². The first-order chi connectivity index (χ1) is 11.3. The van der Waals surface area contributed by atoms with Crippen LogP contribution >= 0.6 is 23.2 Å². The van der Waals surface area contributed by atoms with Crippen LogP contribution in [0.3, 0.4) is 0 Å². The summed E-state index contributed by atoms with van der Waals surface area (Å²) in [5.74, 6) is -0.649. The van der Waals surface area contributed by atoms with Gasteiger partial charge in [-0.1, -0.05) is 29.3 Å². The molecule has 9 heteroatoms. The molecular weight excluding hydrogens is 373 g/mol. The number of rotatable bonds is 4. The average Bonchev–Trinajstić information content (AvgIpc) is 2.85. The fourth-order valence-corrected chi connectivity index (χ4v) is 4.51. The van der Waals surface area contributed by atoms with Crippen LogP contribution in [-0.4, -0.2) is 18.5 Å². The van der Waals surface area contributed by atoms with Gasteiger partial charge >= 0.3 is 0 Å². The summed E-state index contributed by atoms with van der Waals surface area (Å²) in [5, 5.41) is 13.8. The van der Waals surface area contributed by atoms with E-state index in [0.29, 0.717) is 16.5 Å². The SMILES string of the molecule is N=Nc1c(O)[nH]c2ccc(S(=O)(=O)Cc3c(Cl)cccc3Cl)cc12. The van der Waals surface area contributed by atoms with E-state index in [2.05, 4.69) is 10.1 Å². The van der Waals surface area contributed by atoms with Crippen molar-refractivity contribution < 1.29 is 13.5 Å². The molecular formula is C15H11Cl2N3O3S. The number of aromatic amines is 1. The van der Waals surface area contributed by atoms with Crippen molar-refractivity contribution >= 4 is 49.6 Å². The summed E-state index contributed by atoms with van der Waals surface area (Å²) < 4.78 is 25.4. The molecule has 0 amide bonds. The number of nitrogens with one attached hydrogen (secondary N) is 2. The Balaban J connectivity index is 2.10. The molecule has 124 valence electrons. The second kappa shape index (κ2) is 6.08. The highest BCUT2D eigenvalue weighted by Gasteiger charge is 2.21. The monoisotopic (exact) mass is 383 g/mol. The summed E-state index contributed by atoms with van der Waals surface area (Å²) in [7, 11) is -3.73. The van der Waals surface area contributed by atoms with Crippen LogP contribution in [0.15, 0.2) is 46.4 Å². The third-order valence-electron chi connectivity index (χ3n) is 3.59. The fraction of sp³-hybridized carbons (Fsp3) is 0.0667. The van der Waals surface area contributed by atoms with Crippen LogP contribution in [0, 0.1) is 5.53 Å². The largest absolute Gasteiger partial charge is 0.493 e. The van der Waals surface area contributed by atoms with E-state index in [1.807, 2.05) is 0 Å². The maximum atomic E-state index is 12.7. The van der Waals surface area contributed by atoms with Gasteiger partial charge in [-0.25, -0.2) is 13.9 Å². The van der Waals surface area contributed by atoms with Crippen LogP contribution in [0.25, 0.3) is 10.9 Å². The average molecular weight is 384 g/mol. The van der Waals surface area contributed by atoms with Crippen LogP contribution in [0.5, 0.6) is 5.88 Å². The maximum Gasteiger partial charge on any atom is 0.218 e. The Bertz CT molecular complexity index is 1040. The lowest BCUT2D eigenvalue weighted by Crippen LogP contribution is -2.06. The van der Waals surface area contributed by atoms with Crippen molar-refractivity contribution in [2.45, 2.75) is 10.6 Å². The highest BCUT2D eigenvalue weighted by atomic mass is 35.5. The van der Waals surface area contributed by atoms with Gasteiger partial charge in [0.25, 0.3) is 0 Å². The Kier molecular flexibility index (Phi) is 4.25. The molecule has 0 spiro atoms. The lowest BCUT2D eigenvalue weighted by molar-refractivity contribution is 0.459. The predicted molar refractivity (Wildman–Crippen MR) is 92.1 cm³/mol. The number of aromatic hydroxyl groups is 1. The highest BCUT2D eigenvalue weighted by Crippen LogP contribution is 2.37. The van der Waals surface area contributed by atoms with Gasteiger partial charge in [0, 0.05) is 21.0 Å². The lowest BCUT2D eigenvalue weighted by atomic mass is 10.2. The number of H-pyrrole nitrogens is 1. The molecule has 24 heavy (non-hydrogen) atoms. The molecule has 3 aromatic rings. The zero-order valence-corrected chi connectivity index (χ0v) is 14.4. The number of aromatic nitrogens is 1. The standard InChI is InChI=1S/C15H11Cl2N3O3S/c16-11-2-1-3-12(17)10(11)7-24(22,23)8-4-5-13-9(6-8)14(20-18)15(21)19-13/h1-6,18-19,21H,7H2. The van der Waals surface area contributed by atoms with E-state index in [0.717, 1.165) is 0 Å². The Morgan fingerprint density at radius 1 is 1.17 bits per heavy atom. The summed E-state index contributed by atoms with van der Waals surface area (Å²) in [6, 6.07) is 9.05. The molecule has 0 saturated carbocycles. The van der Waals surface area contributed by atoms with Crippen molar-refractivity contribution in [1.29, 1.82) is 5.53 Å². The van der Waals surface area contributed by atoms with E-state index < -0.39 is 9.84 Å². The number of sulfone groups is 1. The van der Waals surface area contributed by atoms with Crippen LogP contribution in [0.2, 0.25) is 10.0 Å². The molecule has 0 aliphatic carbocycles. The second-order valence-corrected chi connectivity index (χ2v) is 7.90. The molecule has 3 rings (SSSR count). The van der Waals surface area contributed by atoms with E-state index >= 15 is 0 Å². The first-order valence-corrected chi connectivity index (χ1v) is 9.12. The topological polar surface area (TPSA) is 106 Å². The molecule has 2 aromatic carbocycles. The van der Waals surface area contributed by atoms with E-state index in [-0.39, 0.29) is 32.3 Å². The minimum Gasteiger partial charge on any atom is -0.493 e. The zero-order chi connectivity index (χ0) is 17.5. The van der Waals surface area contributed by atoms with Gasteiger partial charge < -0.3 is 10.1 Å². The highest BCUT2D eigenvalue weighted by molar-refractivity contribution is 7.90. The summed E-state index contributed by atoms with van der Waals surface area (Å²) >= 11 is 12.1. The minimum absolute atomic E-state index is 0.0159. The number of fused-ring (bicyclic) bond motifs is 1. The Hall–Kier alpha value is -2.09. The summed E-state index contributed by atoms with van der Waals surface area (Å²) in [4.78, 5) is 2.65. The van der Waals surface area contributed by atoms with E-state index in [1.165, 1.54) is 18.2 Å². The molecule has 0 aliphatic heterocycles. The molecule has 0 saturated heterocycles. The quantitative estimate of drug-likeness (QED) is 0.562.